The highest BCUT2D eigenvalue weighted by Crippen LogP contribution is 2.62. The summed E-state index contributed by atoms with van der Waals surface area (Å²) in [5, 5.41) is 12.5. The van der Waals surface area contributed by atoms with Gasteiger partial charge in [0.05, 0.1) is 10.6 Å². The second kappa shape index (κ2) is 7.17. The van der Waals surface area contributed by atoms with Crippen LogP contribution in [0, 0.1) is 23.6 Å². The first kappa shape index (κ1) is 20.0. The fourth-order valence-electron chi connectivity index (χ4n) is 6.83. The Morgan fingerprint density at radius 3 is 2.34 bits per heavy atom. The van der Waals surface area contributed by atoms with Gasteiger partial charge in [-0.05, 0) is 103 Å². The molecule has 2 amide bonds. The normalized spacial score (nSPS) is 32.0. The first-order chi connectivity index (χ1) is 15.4. The van der Waals surface area contributed by atoms with Crippen LogP contribution in [0.2, 0.25) is 0 Å². The van der Waals surface area contributed by atoms with Crippen LogP contribution < -0.4 is 5.32 Å². The Morgan fingerprint density at radius 1 is 1.09 bits per heavy atom. The van der Waals surface area contributed by atoms with Crippen LogP contribution >= 0.6 is 11.8 Å². The number of carbonyl (C=O) groups excluding carboxylic acids is 2. The summed E-state index contributed by atoms with van der Waals surface area (Å²) in [5.74, 6) is 0.857. The molecule has 7 heteroatoms. The number of hydrogen-bond donors (Lipinski definition) is 2. The van der Waals surface area contributed by atoms with E-state index >= 15 is 0 Å². The Labute approximate surface area is 189 Å². The number of nitrogens with one attached hydrogen (secondary N) is 1. The molecule has 0 unspecified atom stereocenters. The van der Waals surface area contributed by atoms with Crippen LogP contribution in [-0.2, 0) is 10.2 Å². The molecule has 1 aliphatic heterocycles. The summed E-state index contributed by atoms with van der Waals surface area (Å²) in [7, 11) is 0. The van der Waals surface area contributed by atoms with Crippen molar-refractivity contribution in [3.63, 3.8) is 0 Å². The van der Waals surface area contributed by atoms with Gasteiger partial charge in [0.25, 0.3) is 11.1 Å². The summed E-state index contributed by atoms with van der Waals surface area (Å²) in [6, 6.07) is 6.85. The number of aromatic nitrogens is 1. The van der Waals surface area contributed by atoms with E-state index in [0.29, 0.717) is 39.5 Å². The van der Waals surface area contributed by atoms with Crippen LogP contribution in [0.1, 0.15) is 49.7 Å². The molecule has 5 fully saturated rings. The highest BCUT2D eigenvalue weighted by atomic mass is 32.2. The number of halogens is 1. The summed E-state index contributed by atoms with van der Waals surface area (Å²) < 4.78 is 14.9. The summed E-state index contributed by atoms with van der Waals surface area (Å²) in [5.41, 5.74) is 2.56. The predicted molar refractivity (Wildman–Crippen MR) is 120 cm³/mol. The maximum absolute atomic E-state index is 14.9. The number of nitrogens with zero attached hydrogens (tertiary/aromatic N) is 1. The lowest BCUT2D eigenvalue weighted by Crippen LogP contribution is -2.48. The van der Waals surface area contributed by atoms with Crippen molar-refractivity contribution in [1.82, 2.24) is 10.3 Å². The Balaban J connectivity index is 1.34. The van der Waals surface area contributed by atoms with Crippen LogP contribution in [0.4, 0.5) is 9.18 Å². The van der Waals surface area contributed by atoms with E-state index < -0.39 is 11.7 Å². The van der Waals surface area contributed by atoms with Crippen molar-refractivity contribution in [3.8, 4) is 17.0 Å². The lowest BCUT2D eigenvalue weighted by Gasteiger charge is -2.57. The number of phenols is 1. The van der Waals surface area contributed by atoms with E-state index in [1.165, 1.54) is 25.3 Å². The van der Waals surface area contributed by atoms with Crippen molar-refractivity contribution in [2.75, 3.05) is 0 Å². The minimum Gasteiger partial charge on any atom is -0.505 e. The van der Waals surface area contributed by atoms with Gasteiger partial charge in [-0.1, -0.05) is 6.07 Å². The lowest BCUT2D eigenvalue weighted by molar-refractivity contribution is -0.115. The third-order valence-electron chi connectivity index (χ3n) is 7.69. The van der Waals surface area contributed by atoms with E-state index in [-0.39, 0.29) is 16.4 Å². The molecule has 0 spiro atoms. The fraction of sp³-hybridized carbons (Fsp3) is 0.400. The maximum atomic E-state index is 14.9. The SMILES string of the molecule is O=C1NC(=O)C(=Cc2ccc(-c3cc(F)c(O)c(C45CC6CC(CC(C6)C4)C5)c3)nc2)S1. The zero-order chi connectivity index (χ0) is 22.0. The molecule has 1 aromatic heterocycles. The lowest BCUT2D eigenvalue weighted by atomic mass is 9.48. The standard InChI is InChI=1S/C25H23FN2O3S/c26-19-8-17(20-2-1-13(12-27-20)6-21-23(30)28-24(31)32-21)7-18(22(19)29)25-9-14-3-15(10-25)5-16(4-14)11-25/h1-2,6-8,12,14-16,29H,3-5,9-11H2,(H,28,30,31). The molecule has 0 radical (unpaired) electrons. The van der Waals surface area contributed by atoms with Gasteiger partial charge in [-0.25, -0.2) is 4.39 Å². The molecule has 4 bridgehead atoms. The van der Waals surface area contributed by atoms with E-state index in [9.17, 15) is 19.1 Å². The second-order valence-corrected chi connectivity index (χ2v) is 10.9. The molecule has 164 valence electrons. The van der Waals surface area contributed by atoms with E-state index in [0.717, 1.165) is 36.6 Å². The van der Waals surface area contributed by atoms with Gasteiger partial charge < -0.3 is 5.11 Å². The molecule has 2 aromatic rings. The number of thioether (sulfide) groups is 1. The van der Waals surface area contributed by atoms with E-state index in [1.54, 1.807) is 24.4 Å². The van der Waals surface area contributed by atoms with Crippen molar-refractivity contribution in [2.45, 2.75) is 43.9 Å². The van der Waals surface area contributed by atoms with Gasteiger partial charge in [-0.2, -0.15) is 0 Å². The summed E-state index contributed by atoms with van der Waals surface area (Å²) in [6.45, 7) is 0. The number of hydrogen-bond acceptors (Lipinski definition) is 5. The number of imide groups is 1. The summed E-state index contributed by atoms with van der Waals surface area (Å²) in [6.07, 6.45) is 10.2. The van der Waals surface area contributed by atoms with Crippen molar-refractivity contribution in [3.05, 3.63) is 52.3 Å². The summed E-state index contributed by atoms with van der Waals surface area (Å²) in [4.78, 5) is 27.9. The minimum absolute atomic E-state index is 0.125. The molecule has 5 aliphatic rings. The van der Waals surface area contributed by atoms with Gasteiger partial charge in [-0.15, -0.1) is 0 Å². The van der Waals surface area contributed by atoms with Gasteiger partial charge in [0, 0.05) is 17.3 Å². The minimum atomic E-state index is -0.598. The number of phenolic OH excluding ortho intramolecular Hbond substituents is 1. The largest absolute Gasteiger partial charge is 0.505 e. The fourth-order valence-corrected chi connectivity index (χ4v) is 7.51. The molecule has 0 atom stereocenters. The highest BCUT2D eigenvalue weighted by molar-refractivity contribution is 8.18. The Kier molecular flexibility index (Phi) is 4.47. The first-order valence-electron chi connectivity index (χ1n) is 11.1. The number of rotatable bonds is 3. The van der Waals surface area contributed by atoms with Crippen LogP contribution in [0.15, 0.2) is 35.4 Å². The third-order valence-corrected chi connectivity index (χ3v) is 8.51. The maximum Gasteiger partial charge on any atom is 0.290 e. The Bertz CT molecular complexity index is 1140. The molecule has 5 nitrogen and oxygen atoms in total. The van der Waals surface area contributed by atoms with Crippen molar-refractivity contribution < 1.29 is 19.1 Å². The predicted octanol–water partition coefficient (Wildman–Crippen LogP) is 5.39. The Hall–Kier alpha value is -2.67. The zero-order valence-electron chi connectivity index (χ0n) is 17.4. The van der Waals surface area contributed by atoms with E-state index in [2.05, 4.69) is 10.3 Å². The molecule has 7 rings (SSSR count). The zero-order valence-corrected chi connectivity index (χ0v) is 18.3. The number of carbonyl (C=O) groups is 2. The van der Waals surface area contributed by atoms with Gasteiger partial charge >= 0.3 is 0 Å². The topological polar surface area (TPSA) is 79.3 Å². The van der Waals surface area contributed by atoms with Crippen molar-refractivity contribution >= 4 is 29.0 Å². The van der Waals surface area contributed by atoms with Gasteiger partial charge in [0.1, 0.15) is 0 Å². The molecule has 32 heavy (non-hydrogen) atoms. The van der Waals surface area contributed by atoms with Crippen LogP contribution in [0.5, 0.6) is 5.75 Å². The van der Waals surface area contributed by atoms with E-state index in [4.69, 9.17) is 0 Å². The molecular weight excluding hydrogens is 427 g/mol. The van der Waals surface area contributed by atoms with Crippen molar-refractivity contribution in [1.29, 1.82) is 0 Å². The molecule has 1 aromatic carbocycles. The smallest absolute Gasteiger partial charge is 0.290 e. The molecule has 2 heterocycles. The molecule has 1 saturated heterocycles. The van der Waals surface area contributed by atoms with Crippen molar-refractivity contribution in [2.24, 2.45) is 17.8 Å². The average molecular weight is 451 g/mol. The Morgan fingerprint density at radius 2 is 1.78 bits per heavy atom. The van der Waals surface area contributed by atoms with Crippen LogP contribution in [0.25, 0.3) is 17.3 Å². The highest BCUT2D eigenvalue weighted by Gasteiger charge is 2.52. The van der Waals surface area contributed by atoms with Crippen LogP contribution in [-0.4, -0.2) is 21.2 Å². The quantitative estimate of drug-likeness (QED) is 0.614. The van der Waals surface area contributed by atoms with Gasteiger partial charge in [-0.3, -0.25) is 19.9 Å². The van der Waals surface area contributed by atoms with E-state index in [1.807, 2.05) is 6.07 Å². The van der Waals surface area contributed by atoms with Gasteiger partial charge in [0.2, 0.25) is 0 Å². The van der Waals surface area contributed by atoms with Crippen LogP contribution in [0.3, 0.4) is 0 Å². The second-order valence-electron chi connectivity index (χ2n) is 9.88. The van der Waals surface area contributed by atoms with Gasteiger partial charge in [0.15, 0.2) is 11.6 Å². The number of amides is 2. The third kappa shape index (κ3) is 3.25. The molecule has 4 aliphatic carbocycles. The first-order valence-corrected chi connectivity index (χ1v) is 11.9. The molecule has 4 saturated carbocycles. The molecular formula is C25H23FN2O3S. The number of benzene rings is 1. The molecule has 2 N–H and O–H groups in total. The summed E-state index contributed by atoms with van der Waals surface area (Å²) >= 11 is 0.858. The monoisotopic (exact) mass is 450 g/mol. The number of aromatic hydroxyl groups is 1. The number of pyridine rings is 1. The average Bonchev–Trinajstić information content (AvgIpc) is 3.06.